The summed E-state index contributed by atoms with van der Waals surface area (Å²) in [6.07, 6.45) is 7.52. The molecular formula is C17H33NO5. The summed E-state index contributed by atoms with van der Waals surface area (Å²) in [5.41, 5.74) is 0. The van der Waals surface area contributed by atoms with Crippen LogP contribution in [0.4, 0.5) is 4.79 Å². The van der Waals surface area contributed by atoms with E-state index < -0.39 is 12.1 Å². The van der Waals surface area contributed by atoms with E-state index in [1.54, 1.807) is 0 Å². The van der Waals surface area contributed by atoms with Crippen LogP contribution in [0.15, 0.2) is 0 Å². The lowest BCUT2D eigenvalue weighted by molar-refractivity contribution is -0.146. The third kappa shape index (κ3) is 12.9. The molecule has 0 rings (SSSR count). The summed E-state index contributed by atoms with van der Waals surface area (Å²) in [4.78, 5) is 23.6. The van der Waals surface area contributed by atoms with Gasteiger partial charge in [0.2, 0.25) is 0 Å². The second-order valence-electron chi connectivity index (χ2n) is 5.55. The number of alkyl carbamates (subject to hydrolysis) is 1. The third-order valence-electron chi connectivity index (χ3n) is 3.42. The van der Waals surface area contributed by atoms with Gasteiger partial charge in [0.1, 0.15) is 12.6 Å². The van der Waals surface area contributed by atoms with Gasteiger partial charge in [-0.25, -0.2) is 9.59 Å². The molecule has 1 N–H and O–H groups in total. The van der Waals surface area contributed by atoms with E-state index in [1.807, 2.05) is 6.92 Å². The van der Waals surface area contributed by atoms with Crippen molar-refractivity contribution in [3.05, 3.63) is 0 Å². The van der Waals surface area contributed by atoms with Gasteiger partial charge >= 0.3 is 12.1 Å². The molecule has 1 amide bonds. The van der Waals surface area contributed by atoms with Gasteiger partial charge in [-0.05, 0) is 12.8 Å². The van der Waals surface area contributed by atoms with E-state index in [9.17, 15) is 9.59 Å². The number of hydrogen-bond donors (Lipinski definition) is 1. The second-order valence-corrected chi connectivity index (χ2v) is 5.55. The fourth-order valence-corrected chi connectivity index (χ4v) is 2.09. The van der Waals surface area contributed by atoms with Crippen LogP contribution in [-0.2, 0) is 19.0 Å². The quantitative estimate of drug-likeness (QED) is 0.390. The number of ether oxygens (including phenoxy) is 3. The Morgan fingerprint density at radius 1 is 0.870 bits per heavy atom. The zero-order valence-electron chi connectivity index (χ0n) is 14.9. The van der Waals surface area contributed by atoms with Crippen molar-refractivity contribution in [1.29, 1.82) is 0 Å². The van der Waals surface area contributed by atoms with E-state index in [1.165, 1.54) is 32.8 Å². The van der Waals surface area contributed by atoms with E-state index in [2.05, 4.69) is 12.2 Å². The number of amides is 1. The molecule has 0 aromatic heterocycles. The van der Waals surface area contributed by atoms with E-state index in [-0.39, 0.29) is 12.6 Å². The summed E-state index contributed by atoms with van der Waals surface area (Å²) in [5, 5.41) is 2.55. The van der Waals surface area contributed by atoms with Crippen LogP contribution in [0.2, 0.25) is 0 Å². The molecule has 0 aromatic rings. The summed E-state index contributed by atoms with van der Waals surface area (Å²) in [7, 11) is 1.53. The molecule has 0 spiro atoms. The van der Waals surface area contributed by atoms with E-state index in [4.69, 9.17) is 14.2 Å². The number of carbonyl (C=O) groups excluding carboxylic acids is 2. The number of unbranched alkanes of at least 4 members (excludes halogenated alkanes) is 5. The molecule has 0 saturated heterocycles. The summed E-state index contributed by atoms with van der Waals surface area (Å²) >= 11 is 0. The van der Waals surface area contributed by atoms with Crippen LogP contribution in [0, 0.1) is 0 Å². The summed E-state index contributed by atoms with van der Waals surface area (Å²) < 4.78 is 15.0. The zero-order valence-corrected chi connectivity index (χ0v) is 14.9. The SMILES string of the molecule is CCCCCCCCOC(=O)C(CCC)NC(=O)OCCOC. The Hall–Kier alpha value is -1.30. The standard InChI is InChI=1S/C17H33NO5/c1-4-6-7-8-9-10-12-22-16(19)15(11-5-2)18-17(20)23-14-13-21-3/h15H,4-14H2,1-3H3,(H,18,20). The Morgan fingerprint density at radius 2 is 1.57 bits per heavy atom. The average molecular weight is 331 g/mol. The summed E-state index contributed by atoms with van der Waals surface area (Å²) in [6.45, 7) is 5.03. The molecule has 6 heteroatoms. The molecular weight excluding hydrogens is 298 g/mol. The molecule has 136 valence electrons. The number of carbonyl (C=O) groups is 2. The van der Waals surface area contributed by atoms with Crippen LogP contribution >= 0.6 is 0 Å². The monoisotopic (exact) mass is 331 g/mol. The van der Waals surface area contributed by atoms with Crippen LogP contribution < -0.4 is 5.32 Å². The largest absolute Gasteiger partial charge is 0.464 e. The first-order chi connectivity index (χ1) is 11.2. The first kappa shape index (κ1) is 21.7. The Morgan fingerprint density at radius 3 is 2.22 bits per heavy atom. The van der Waals surface area contributed by atoms with Gasteiger partial charge in [0, 0.05) is 7.11 Å². The van der Waals surface area contributed by atoms with E-state index in [0.717, 1.165) is 19.3 Å². The third-order valence-corrected chi connectivity index (χ3v) is 3.42. The number of hydrogen-bond acceptors (Lipinski definition) is 5. The lowest BCUT2D eigenvalue weighted by atomic mass is 10.1. The van der Waals surface area contributed by atoms with Gasteiger partial charge in [-0.2, -0.15) is 0 Å². The maximum atomic E-state index is 12.0. The van der Waals surface area contributed by atoms with Gasteiger partial charge in [0.05, 0.1) is 13.2 Å². The Labute approximate surface area is 140 Å². The molecule has 0 fully saturated rings. The van der Waals surface area contributed by atoms with Crippen LogP contribution in [0.1, 0.15) is 65.2 Å². The molecule has 0 radical (unpaired) electrons. The number of esters is 1. The van der Waals surface area contributed by atoms with Gasteiger partial charge < -0.3 is 19.5 Å². The highest BCUT2D eigenvalue weighted by Crippen LogP contribution is 2.06. The van der Waals surface area contributed by atoms with Crippen molar-refractivity contribution in [2.75, 3.05) is 26.9 Å². The molecule has 0 heterocycles. The molecule has 0 aromatic carbocycles. The minimum Gasteiger partial charge on any atom is -0.464 e. The summed E-state index contributed by atoms with van der Waals surface area (Å²) in [6, 6.07) is -0.643. The molecule has 0 bridgehead atoms. The van der Waals surface area contributed by atoms with Crippen LogP contribution in [0.3, 0.4) is 0 Å². The second kappa shape index (κ2) is 15.6. The topological polar surface area (TPSA) is 73.9 Å². The molecule has 0 saturated carbocycles. The fraction of sp³-hybridized carbons (Fsp3) is 0.882. The lowest BCUT2D eigenvalue weighted by Gasteiger charge is -2.17. The highest BCUT2D eigenvalue weighted by atomic mass is 16.6. The molecule has 0 aliphatic rings. The molecule has 0 aliphatic carbocycles. The highest BCUT2D eigenvalue weighted by Gasteiger charge is 2.21. The molecule has 1 unspecified atom stereocenters. The van der Waals surface area contributed by atoms with Gasteiger partial charge in [-0.1, -0.05) is 52.4 Å². The number of rotatable bonds is 14. The van der Waals surface area contributed by atoms with E-state index >= 15 is 0 Å². The van der Waals surface area contributed by atoms with Gasteiger partial charge in [-0.3, -0.25) is 0 Å². The first-order valence-corrected chi connectivity index (χ1v) is 8.74. The van der Waals surface area contributed by atoms with Crippen molar-refractivity contribution >= 4 is 12.1 Å². The summed E-state index contributed by atoms with van der Waals surface area (Å²) in [5.74, 6) is -0.385. The fourth-order valence-electron chi connectivity index (χ4n) is 2.09. The van der Waals surface area contributed by atoms with Crippen molar-refractivity contribution < 1.29 is 23.8 Å². The van der Waals surface area contributed by atoms with Gasteiger partial charge in [-0.15, -0.1) is 0 Å². The van der Waals surface area contributed by atoms with Crippen molar-refractivity contribution in [3.8, 4) is 0 Å². The van der Waals surface area contributed by atoms with Crippen LogP contribution in [-0.4, -0.2) is 45.0 Å². The molecule has 1 atom stereocenters. The van der Waals surface area contributed by atoms with Crippen molar-refractivity contribution in [3.63, 3.8) is 0 Å². The van der Waals surface area contributed by atoms with Crippen LogP contribution in [0.5, 0.6) is 0 Å². The first-order valence-electron chi connectivity index (χ1n) is 8.74. The lowest BCUT2D eigenvalue weighted by Crippen LogP contribution is -2.42. The van der Waals surface area contributed by atoms with Crippen molar-refractivity contribution in [2.24, 2.45) is 0 Å². The molecule has 6 nitrogen and oxygen atoms in total. The normalized spacial score (nSPS) is 11.8. The average Bonchev–Trinajstić information content (AvgIpc) is 2.53. The highest BCUT2D eigenvalue weighted by molar-refractivity contribution is 5.81. The van der Waals surface area contributed by atoms with E-state index in [0.29, 0.717) is 19.6 Å². The van der Waals surface area contributed by atoms with Gasteiger partial charge in [0.15, 0.2) is 0 Å². The minimum atomic E-state index is -0.643. The zero-order chi connectivity index (χ0) is 17.3. The predicted octanol–water partition coefficient (Wildman–Crippen LogP) is 3.43. The molecule has 23 heavy (non-hydrogen) atoms. The smallest absolute Gasteiger partial charge is 0.407 e. The maximum absolute atomic E-state index is 12.0. The predicted molar refractivity (Wildman–Crippen MR) is 89.4 cm³/mol. The van der Waals surface area contributed by atoms with Crippen molar-refractivity contribution in [2.45, 2.75) is 71.3 Å². The van der Waals surface area contributed by atoms with Crippen molar-refractivity contribution in [1.82, 2.24) is 5.32 Å². The maximum Gasteiger partial charge on any atom is 0.407 e. The minimum absolute atomic E-state index is 0.161. The Balaban J connectivity index is 3.93. The number of methoxy groups -OCH3 is 1. The number of nitrogens with one attached hydrogen (secondary N) is 1. The molecule has 0 aliphatic heterocycles. The Bertz CT molecular complexity index is 309. The van der Waals surface area contributed by atoms with Crippen LogP contribution in [0.25, 0.3) is 0 Å². The van der Waals surface area contributed by atoms with Gasteiger partial charge in [0.25, 0.3) is 0 Å². The Kier molecular flexibility index (Phi) is 14.7.